The Morgan fingerprint density at radius 3 is 2.75 bits per heavy atom. The number of anilines is 2. The summed E-state index contributed by atoms with van der Waals surface area (Å²) in [6, 6.07) is 9.95. The van der Waals surface area contributed by atoms with Crippen molar-refractivity contribution in [1.82, 2.24) is 5.32 Å². The minimum Gasteiger partial charge on any atom is -0.371 e. The molecule has 0 amide bonds. The lowest BCUT2D eigenvalue weighted by Crippen LogP contribution is -2.61. The lowest BCUT2D eigenvalue weighted by Gasteiger charge is -2.47. The van der Waals surface area contributed by atoms with Gasteiger partial charge in [-0.25, -0.2) is 0 Å². The molecule has 1 fully saturated rings. The molecule has 1 saturated heterocycles. The number of likely N-dealkylation sites (N-methyl/N-ethyl adjacent to an activating group) is 1. The van der Waals surface area contributed by atoms with Gasteiger partial charge in [0.05, 0.1) is 17.4 Å². The normalized spacial score (nSPS) is 28.6. The number of nitrogens with one attached hydrogen (secondary N) is 1. The molecule has 3 rings (SSSR count). The van der Waals surface area contributed by atoms with Gasteiger partial charge in [0.15, 0.2) is 0 Å². The SMILES string of the molecule is C[C@H]1CN2c3ccccc3N(C)CC2CN1. The second-order valence-electron chi connectivity index (χ2n) is 4.98. The molecule has 2 aliphatic heterocycles. The molecule has 86 valence electrons. The summed E-state index contributed by atoms with van der Waals surface area (Å²) >= 11 is 0. The summed E-state index contributed by atoms with van der Waals surface area (Å²) in [5.41, 5.74) is 2.77. The smallest absolute Gasteiger partial charge is 0.0608 e. The van der Waals surface area contributed by atoms with E-state index >= 15 is 0 Å². The van der Waals surface area contributed by atoms with Crippen LogP contribution in [0.1, 0.15) is 6.92 Å². The van der Waals surface area contributed by atoms with Gasteiger partial charge in [0.25, 0.3) is 0 Å². The van der Waals surface area contributed by atoms with Gasteiger partial charge in [-0.2, -0.15) is 0 Å². The Balaban J connectivity index is 2.00. The highest BCUT2D eigenvalue weighted by Crippen LogP contribution is 2.35. The molecule has 1 unspecified atom stereocenters. The molecule has 0 saturated carbocycles. The topological polar surface area (TPSA) is 18.5 Å². The first-order valence-electron chi connectivity index (χ1n) is 6.06. The van der Waals surface area contributed by atoms with Gasteiger partial charge in [-0.15, -0.1) is 0 Å². The Hall–Kier alpha value is -1.22. The number of nitrogens with zero attached hydrogens (tertiary/aromatic N) is 2. The lowest BCUT2D eigenvalue weighted by molar-refractivity contribution is 0.403. The van der Waals surface area contributed by atoms with Crippen molar-refractivity contribution in [3.8, 4) is 0 Å². The minimum absolute atomic E-state index is 0.590. The molecule has 0 bridgehead atoms. The predicted molar refractivity (Wildman–Crippen MR) is 68.3 cm³/mol. The largest absolute Gasteiger partial charge is 0.371 e. The van der Waals surface area contributed by atoms with Gasteiger partial charge in [0.1, 0.15) is 0 Å². The van der Waals surface area contributed by atoms with Crippen LogP contribution in [0.3, 0.4) is 0 Å². The Morgan fingerprint density at radius 1 is 1.19 bits per heavy atom. The van der Waals surface area contributed by atoms with E-state index in [0.29, 0.717) is 12.1 Å². The fourth-order valence-electron chi connectivity index (χ4n) is 2.86. The van der Waals surface area contributed by atoms with Crippen molar-refractivity contribution < 1.29 is 0 Å². The van der Waals surface area contributed by atoms with Crippen molar-refractivity contribution in [2.45, 2.75) is 19.0 Å². The molecule has 16 heavy (non-hydrogen) atoms. The van der Waals surface area contributed by atoms with Gasteiger partial charge in [0, 0.05) is 32.7 Å². The molecule has 1 N–H and O–H groups in total. The van der Waals surface area contributed by atoms with Crippen molar-refractivity contribution in [1.29, 1.82) is 0 Å². The monoisotopic (exact) mass is 217 g/mol. The first kappa shape index (κ1) is 9.97. The lowest BCUT2D eigenvalue weighted by atomic mass is 10.0. The quantitative estimate of drug-likeness (QED) is 0.707. The molecular weight excluding hydrogens is 198 g/mol. The number of hydrogen-bond donors (Lipinski definition) is 1. The number of benzene rings is 1. The molecule has 2 heterocycles. The van der Waals surface area contributed by atoms with Crippen LogP contribution in [0.5, 0.6) is 0 Å². The van der Waals surface area contributed by atoms with Crippen LogP contribution in [0.2, 0.25) is 0 Å². The van der Waals surface area contributed by atoms with Gasteiger partial charge in [-0.05, 0) is 19.1 Å². The summed E-state index contributed by atoms with van der Waals surface area (Å²) in [6.45, 7) is 5.60. The Bertz CT molecular complexity index is 391. The summed E-state index contributed by atoms with van der Waals surface area (Å²) in [5.74, 6) is 0. The number of hydrogen-bond acceptors (Lipinski definition) is 3. The third kappa shape index (κ3) is 1.47. The maximum Gasteiger partial charge on any atom is 0.0608 e. The van der Waals surface area contributed by atoms with Crippen molar-refractivity contribution in [2.75, 3.05) is 36.5 Å². The average molecular weight is 217 g/mol. The second-order valence-corrected chi connectivity index (χ2v) is 4.98. The second kappa shape index (κ2) is 3.67. The predicted octanol–water partition coefficient (Wildman–Crippen LogP) is 1.30. The summed E-state index contributed by atoms with van der Waals surface area (Å²) in [5, 5.41) is 3.56. The van der Waals surface area contributed by atoms with Gasteiger partial charge in [0.2, 0.25) is 0 Å². The van der Waals surface area contributed by atoms with Gasteiger partial charge < -0.3 is 15.1 Å². The van der Waals surface area contributed by atoms with Crippen LogP contribution >= 0.6 is 0 Å². The first-order valence-corrected chi connectivity index (χ1v) is 6.06. The Kier molecular flexibility index (Phi) is 2.28. The molecular formula is C13H19N3. The molecule has 3 heteroatoms. The standard InChI is InChI=1S/C13H19N3/c1-10-8-16-11(7-14-10)9-15(2)12-5-3-4-6-13(12)16/h3-6,10-11,14H,7-9H2,1-2H3/t10-,11?/m0/s1. The molecule has 3 nitrogen and oxygen atoms in total. The molecule has 0 aromatic heterocycles. The van der Waals surface area contributed by atoms with E-state index in [1.807, 2.05) is 0 Å². The maximum absolute atomic E-state index is 3.56. The average Bonchev–Trinajstić information content (AvgIpc) is 2.31. The Morgan fingerprint density at radius 2 is 1.94 bits per heavy atom. The fraction of sp³-hybridized carbons (Fsp3) is 0.538. The van der Waals surface area contributed by atoms with Crippen molar-refractivity contribution in [2.24, 2.45) is 0 Å². The van der Waals surface area contributed by atoms with Crippen LogP contribution in [0, 0.1) is 0 Å². The first-order chi connectivity index (χ1) is 7.75. The summed E-state index contributed by atoms with van der Waals surface area (Å²) in [7, 11) is 2.19. The highest BCUT2D eigenvalue weighted by atomic mass is 15.3. The third-order valence-corrected chi connectivity index (χ3v) is 3.70. The van der Waals surface area contributed by atoms with Gasteiger partial charge in [-0.3, -0.25) is 0 Å². The number of piperazine rings is 1. The molecule has 0 radical (unpaired) electrons. The van der Waals surface area contributed by atoms with E-state index in [2.05, 4.69) is 53.4 Å². The molecule has 0 spiro atoms. The Labute approximate surface area is 97.0 Å². The van der Waals surface area contributed by atoms with Crippen LogP contribution in [-0.4, -0.2) is 38.8 Å². The van der Waals surface area contributed by atoms with E-state index in [0.717, 1.165) is 19.6 Å². The van der Waals surface area contributed by atoms with Crippen molar-refractivity contribution in [3.05, 3.63) is 24.3 Å². The molecule has 2 atom stereocenters. The number of fused-ring (bicyclic) bond motifs is 3. The summed E-state index contributed by atoms with van der Waals surface area (Å²) in [4.78, 5) is 4.94. The highest BCUT2D eigenvalue weighted by molar-refractivity contribution is 5.74. The van der Waals surface area contributed by atoms with Crippen LogP contribution in [0.25, 0.3) is 0 Å². The van der Waals surface area contributed by atoms with Crippen LogP contribution in [0.15, 0.2) is 24.3 Å². The molecule has 1 aromatic carbocycles. The van der Waals surface area contributed by atoms with Crippen molar-refractivity contribution >= 4 is 11.4 Å². The van der Waals surface area contributed by atoms with E-state index < -0.39 is 0 Å². The highest BCUT2D eigenvalue weighted by Gasteiger charge is 2.32. The zero-order valence-electron chi connectivity index (χ0n) is 9.98. The van der Waals surface area contributed by atoms with Crippen molar-refractivity contribution in [3.63, 3.8) is 0 Å². The zero-order valence-corrected chi connectivity index (χ0v) is 9.98. The van der Waals surface area contributed by atoms with E-state index in [9.17, 15) is 0 Å². The summed E-state index contributed by atoms with van der Waals surface area (Å²) in [6.07, 6.45) is 0. The molecule has 2 aliphatic rings. The molecule has 1 aromatic rings. The minimum atomic E-state index is 0.590. The van der Waals surface area contributed by atoms with Crippen LogP contribution in [0.4, 0.5) is 11.4 Å². The van der Waals surface area contributed by atoms with E-state index in [1.165, 1.54) is 11.4 Å². The van der Waals surface area contributed by atoms with Crippen LogP contribution in [-0.2, 0) is 0 Å². The van der Waals surface area contributed by atoms with E-state index in [-0.39, 0.29) is 0 Å². The number of para-hydroxylation sites is 2. The summed E-state index contributed by atoms with van der Waals surface area (Å²) < 4.78 is 0. The number of rotatable bonds is 0. The maximum atomic E-state index is 3.56. The van der Waals surface area contributed by atoms with Crippen LogP contribution < -0.4 is 15.1 Å². The molecule has 0 aliphatic carbocycles. The van der Waals surface area contributed by atoms with E-state index in [4.69, 9.17) is 0 Å². The fourth-order valence-corrected chi connectivity index (χ4v) is 2.86. The zero-order chi connectivity index (χ0) is 11.1. The van der Waals surface area contributed by atoms with E-state index in [1.54, 1.807) is 0 Å². The third-order valence-electron chi connectivity index (χ3n) is 3.70. The van der Waals surface area contributed by atoms with Gasteiger partial charge in [-0.1, -0.05) is 12.1 Å². The van der Waals surface area contributed by atoms with Gasteiger partial charge >= 0.3 is 0 Å².